The van der Waals surface area contributed by atoms with Gasteiger partial charge in [-0.15, -0.1) is 0 Å². The Morgan fingerprint density at radius 1 is 1.35 bits per heavy atom. The maximum atomic E-state index is 11.0. The summed E-state index contributed by atoms with van der Waals surface area (Å²) in [7, 11) is 3.08. The quantitative estimate of drug-likeness (QED) is 0.925. The molecule has 0 radical (unpaired) electrons. The van der Waals surface area contributed by atoms with Gasteiger partial charge in [-0.05, 0) is 54.3 Å². The molecule has 1 aromatic carbocycles. The highest BCUT2D eigenvalue weighted by molar-refractivity contribution is 5.49. The smallest absolute Gasteiger partial charge is 0.161 e. The van der Waals surface area contributed by atoms with Gasteiger partial charge in [0.15, 0.2) is 11.5 Å². The second-order valence-electron chi connectivity index (χ2n) is 6.72. The Balaban J connectivity index is 2.12. The normalized spacial score (nSPS) is 38.6. The van der Waals surface area contributed by atoms with Gasteiger partial charge in [-0.1, -0.05) is 13.8 Å². The molecule has 2 aliphatic heterocycles. The molecule has 0 bridgehead atoms. The van der Waals surface area contributed by atoms with Gasteiger partial charge in [0.05, 0.1) is 21.7 Å². The standard InChI is InChI=1S/C19H29NO3/c1-12(2)7-14-11-20-6-5-13-8-18(22-3)19(23-4)9-15(13)16(20)10-17(14)21/h8-9,12,14,16-17,21H,5-7,10-11H2,1-4H3/i10D2,14D,17D. The zero-order valence-corrected chi connectivity index (χ0v) is 14.3. The first-order chi connectivity index (χ1) is 12.5. The van der Waals surface area contributed by atoms with E-state index in [4.69, 9.17) is 15.0 Å². The van der Waals surface area contributed by atoms with Gasteiger partial charge in [-0.3, -0.25) is 4.90 Å². The van der Waals surface area contributed by atoms with Crippen LogP contribution in [0.5, 0.6) is 11.5 Å². The molecule has 0 spiro atoms. The molecule has 0 aliphatic carbocycles. The summed E-state index contributed by atoms with van der Waals surface area (Å²) in [5, 5.41) is 11.0. The van der Waals surface area contributed by atoms with E-state index in [9.17, 15) is 5.11 Å². The fraction of sp³-hybridized carbons (Fsp3) is 0.684. The van der Waals surface area contributed by atoms with E-state index in [1.807, 2.05) is 24.8 Å². The van der Waals surface area contributed by atoms with Crippen LogP contribution in [0.2, 0.25) is 0 Å². The molecule has 1 N–H and O–H groups in total. The Bertz CT molecular complexity index is 725. The van der Waals surface area contributed by atoms with E-state index in [0.717, 1.165) is 5.56 Å². The van der Waals surface area contributed by atoms with Crippen molar-refractivity contribution in [3.63, 3.8) is 0 Å². The van der Waals surface area contributed by atoms with Gasteiger partial charge < -0.3 is 14.6 Å². The highest BCUT2D eigenvalue weighted by Crippen LogP contribution is 2.43. The lowest BCUT2D eigenvalue weighted by Crippen LogP contribution is -2.48. The number of rotatable bonds is 4. The second-order valence-corrected chi connectivity index (χ2v) is 6.72. The van der Waals surface area contributed by atoms with Crippen molar-refractivity contribution in [1.29, 1.82) is 0 Å². The second kappa shape index (κ2) is 6.70. The fourth-order valence-corrected chi connectivity index (χ4v) is 3.54. The van der Waals surface area contributed by atoms with Crippen LogP contribution in [0.15, 0.2) is 12.1 Å². The predicted octanol–water partition coefficient (Wildman–Crippen LogP) is 3.03. The summed E-state index contributed by atoms with van der Waals surface area (Å²) >= 11 is 0. The van der Waals surface area contributed by atoms with Crippen LogP contribution in [-0.2, 0) is 6.42 Å². The van der Waals surface area contributed by atoms with Crippen LogP contribution in [0.3, 0.4) is 0 Å². The number of hydrogen-bond acceptors (Lipinski definition) is 4. The van der Waals surface area contributed by atoms with E-state index in [0.29, 0.717) is 30.0 Å². The molecule has 3 unspecified atom stereocenters. The molecule has 0 saturated carbocycles. The maximum absolute atomic E-state index is 11.0. The number of hydrogen-bond donors (Lipinski definition) is 1. The van der Waals surface area contributed by atoms with Crippen molar-refractivity contribution in [3.05, 3.63) is 23.3 Å². The Kier molecular flexibility index (Phi) is 3.54. The molecular weight excluding hydrogens is 290 g/mol. The highest BCUT2D eigenvalue weighted by Gasteiger charge is 2.38. The van der Waals surface area contributed by atoms with Crippen LogP contribution < -0.4 is 9.47 Å². The van der Waals surface area contributed by atoms with Gasteiger partial charge in [0.1, 0.15) is 0 Å². The molecular formula is C19H29NO3. The first-order valence-corrected chi connectivity index (χ1v) is 8.19. The van der Waals surface area contributed by atoms with Crippen molar-refractivity contribution in [2.24, 2.45) is 11.8 Å². The molecule has 128 valence electrons. The molecule has 4 heteroatoms. The third kappa shape index (κ3) is 3.20. The Hall–Kier alpha value is -1.26. The van der Waals surface area contributed by atoms with Crippen LogP contribution >= 0.6 is 0 Å². The molecule has 0 aromatic heterocycles. The minimum absolute atomic E-state index is 0.0770. The summed E-state index contributed by atoms with van der Waals surface area (Å²) in [4.78, 5) is 1.91. The molecule has 1 saturated heterocycles. The van der Waals surface area contributed by atoms with Crippen molar-refractivity contribution < 1.29 is 20.1 Å². The first kappa shape index (κ1) is 12.2. The van der Waals surface area contributed by atoms with Crippen molar-refractivity contribution in [2.45, 2.75) is 45.2 Å². The number of fused-ring (bicyclic) bond motifs is 3. The SMILES string of the molecule is [2H]C1(CC(C)C)CN2CCc3cc(OC)c(OC)cc3C2C([2H])([2H])C1([2H])O. The molecule has 1 fully saturated rings. The first-order valence-electron chi connectivity index (χ1n) is 10.2. The topological polar surface area (TPSA) is 41.9 Å². The predicted molar refractivity (Wildman–Crippen MR) is 91.1 cm³/mol. The van der Waals surface area contributed by atoms with Gasteiger partial charge in [0, 0.05) is 23.2 Å². The number of nitrogens with zero attached hydrogens (tertiary/aromatic N) is 1. The summed E-state index contributed by atoms with van der Waals surface area (Å²) in [6.07, 6.45) is -3.91. The highest BCUT2D eigenvalue weighted by atomic mass is 16.5. The van der Waals surface area contributed by atoms with E-state index in [2.05, 4.69) is 0 Å². The largest absolute Gasteiger partial charge is 0.493 e. The van der Waals surface area contributed by atoms with Gasteiger partial charge >= 0.3 is 0 Å². The Labute approximate surface area is 145 Å². The average Bonchev–Trinajstić information content (AvgIpc) is 2.57. The van der Waals surface area contributed by atoms with Crippen molar-refractivity contribution in [2.75, 3.05) is 27.3 Å². The number of piperidine rings is 1. The molecule has 0 amide bonds. The van der Waals surface area contributed by atoms with E-state index >= 15 is 0 Å². The summed E-state index contributed by atoms with van der Waals surface area (Å²) in [5.41, 5.74) is 1.62. The van der Waals surface area contributed by atoms with Gasteiger partial charge in [0.25, 0.3) is 0 Å². The summed E-state index contributed by atoms with van der Waals surface area (Å²) in [6.45, 7) is 4.58. The fourth-order valence-electron chi connectivity index (χ4n) is 3.54. The van der Waals surface area contributed by atoms with Crippen molar-refractivity contribution in [1.82, 2.24) is 4.90 Å². The average molecular weight is 323 g/mol. The molecule has 2 aliphatic rings. The molecule has 3 atom stereocenters. The minimum atomic E-state index is -2.53. The van der Waals surface area contributed by atoms with E-state index < -0.39 is 24.4 Å². The lowest BCUT2D eigenvalue weighted by molar-refractivity contribution is -0.0191. The Morgan fingerprint density at radius 2 is 2.04 bits per heavy atom. The van der Waals surface area contributed by atoms with Crippen molar-refractivity contribution >= 4 is 0 Å². The summed E-state index contributed by atoms with van der Waals surface area (Å²) in [6, 6.07) is 2.79. The molecule has 2 heterocycles. The van der Waals surface area contributed by atoms with Crippen LogP contribution in [0.25, 0.3) is 0 Å². The lowest BCUT2D eigenvalue weighted by atomic mass is 9.79. The van der Waals surface area contributed by atoms with Crippen LogP contribution in [-0.4, -0.2) is 43.4 Å². The lowest BCUT2D eigenvalue weighted by Gasteiger charge is -2.46. The Morgan fingerprint density at radius 3 is 2.70 bits per heavy atom. The molecule has 3 rings (SSSR count). The summed E-state index contributed by atoms with van der Waals surface area (Å²) in [5.74, 6) is -0.452. The molecule has 23 heavy (non-hydrogen) atoms. The number of aliphatic hydroxyl groups is 1. The zero-order valence-electron chi connectivity index (χ0n) is 18.3. The number of methoxy groups -OCH3 is 2. The van der Waals surface area contributed by atoms with Gasteiger partial charge in [-0.2, -0.15) is 0 Å². The molecule has 1 aromatic rings. The van der Waals surface area contributed by atoms with Gasteiger partial charge in [-0.25, -0.2) is 0 Å². The third-order valence-electron chi connectivity index (χ3n) is 4.63. The van der Waals surface area contributed by atoms with Crippen molar-refractivity contribution in [3.8, 4) is 11.5 Å². The van der Waals surface area contributed by atoms with Gasteiger partial charge in [0.2, 0.25) is 0 Å². The van der Waals surface area contributed by atoms with Crippen LogP contribution in [0, 0.1) is 11.8 Å². The number of benzene rings is 1. The number of ether oxygens (including phenoxy) is 2. The van der Waals surface area contributed by atoms with E-state index in [1.165, 1.54) is 7.11 Å². The monoisotopic (exact) mass is 323 g/mol. The maximum Gasteiger partial charge on any atom is 0.161 e. The summed E-state index contributed by atoms with van der Waals surface area (Å²) < 4.78 is 45.5. The van der Waals surface area contributed by atoms with Crippen LogP contribution in [0.1, 0.15) is 49.3 Å². The third-order valence-corrected chi connectivity index (χ3v) is 4.63. The zero-order chi connectivity index (χ0) is 20.2. The molecule has 4 nitrogen and oxygen atoms in total. The van der Waals surface area contributed by atoms with E-state index in [-0.39, 0.29) is 18.9 Å². The van der Waals surface area contributed by atoms with Crippen LogP contribution in [0.4, 0.5) is 0 Å². The van der Waals surface area contributed by atoms with E-state index in [1.54, 1.807) is 13.2 Å². The minimum Gasteiger partial charge on any atom is -0.493 e.